The third-order valence-electron chi connectivity index (χ3n) is 6.44. The molecule has 0 aliphatic rings. The average molecular weight is 571 g/mol. The molecular formula is C34H26N4O5. The van der Waals surface area contributed by atoms with E-state index in [1.807, 2.05) is 43.3 Å². The minimum Gasteiger partial charge on any atom is -0.422 e. The van der Waals surface area contributed by atoms with Gasteiger partial charge < -0.3 is 15.4 Å². The van der Waals surface area contributed by atoms with Crippen molar-refractivity contribution in [2.75, 3.05) is 10.6 Å². The Kier molecular flexibility index (Phi) is 8.63. The number of para-hydroxylation sites is 1. The Morgan fingerprint density at radius 3 is 2.19 bits per heavy atom. The van der Waals surface area contributed by atoms with Crippen LogP contribution in [0.25, 0.3) is 10.8 Å². The minimum absolute atomic E-state index is 0.153. The van der Waals surface area contributed by atoms with Gasteiger partial charge in [-0.05, 0) is 60.2 Å². The van der Waals surface area contributed by atoms with Gasteiger partial charge in [-0.3, -0.25) is 14.4 Å². The summed E-state index contributed by atoms with van der Waals surface area (Å²) in [7, 11) is 0. The first-order valence-corrected chi connectivity index (χ1v) is 13.3. The van der Waals surface area contributed by atoms with E-state index in [1.165, 1.54) is 18.3 Å². The van der Waals surface area contributed by atoms with Gasteiger partial charge in [0.2, 0.25) is 0 Å². The number of hydrogen-bond acceptors (Lipinski definition) is 6. The van der Waals surface area contributed by atoms with Crippen molar-refractivity contribution < 1.29 is 23.9 Å². The highest BCUT2D eigenvalue weighted by atomic mass is 16.5. The number of carbonyl (C=O) groups is 4. The zero-order chi connectivity index (χ0) is 30.2. The van der Waals surface area contributed by atoms with Gasteiger partial charge in [-0.2, -0.15) is 5.10 Å². The molecule has 43 heavy (non-hydrogen) atoms. The fourth-order valence-corrected chi connectivity index (χ4v) is 4.24. The van der Waals surface area contributed by atoms with Crippen LogP contribution in [0.15, 0.2) is 120 Å². The molecule has 0 bridgehead atoms. The standard InChI is InChI=1S/C34H26N4O5/c1-22-15-18-25(19-16-22)36-31(39)27-13-7-8-14-29(27)37-32(40)33(41)38-35-21-28-26-12-6-5-9-23(26)17-20-30(28)43-34(42)24-10-3-2-4-11-24/h2-21H,1H3,(H,36,39)(H,37,40)(H,38,41). The summed E-state index contributed by atoms with van der Waals surface area (Å²) >= 11 is 0. The van der Waals surface area contributed by atoms with Crippen LogP contribution >= 0.6 is 0 Å². The quantitative estimate of drug-likeness (QED) is 0.0760. The lowest BCUT2D eigenvalue weighted by Crippen LogP contribution is -2.33. The molecule has 0 heterocycles. The molecule has 0 atom stereocenters. The molecule has 0 aliphatic heterocycles. The number of esters is 1. The molecule has 0 saturated carbocycles. The lowest BCUT2D eigenvalue weighted by Gasteiger charge is -2.11. The van der Waals surface area contributed by atoms with Gasteiger partial charge in [0, 0.05) is 11.3 Å². The van der Waals surface area contributed by atoms with Gasteiger partial charge in [-0.1, -0.05) is 78.4 Å². The normalized spacial score (nSPS) is 10.7. The molecule has 212 valence electrons. The molecule has 5 aromatic carbocycles. The van der Waals surface area contributed by atoms with E-state index in [2.05, 4.69) is 21.2 Å². The van der Waals surface area contributed by atoms with Crippen LogP contribution in [0.2, 0.25) is 0 Å². The summed E-state index contributed by atoms with van der Waals surface area (Å²) in [5.41, 5.74) is 4.96. The Labute approximate surface area is 247 Å². The van der Waals surface area contributed by atoms with Crippen LogP contribution in [-0.4, -0.2) is 29.9 Å². The first kappa shape index (κ1) is 28.4. The number of aryl methyl sites for hydroxylation is 1. The Morgan fingerprint density at radius 2 is 1.40 bits per heavy atom. The summed E-state index contributed by atoms with van der Waals surface area (Å²) in [5.74, 6) is -2.87. The number of hydrazone groups is 1. The summed E-state index contributed by atoms with van der Waals surface area (Å²) in [4.78, 5) is 50.9. The predicted octanol–water partition coefficient (Wildman–Crippen LogP) is 5.71. The number of nitrogens with one attached hydrogen (secondary N) is 3. The number of fused-ring (bicyclic) bond motifs is 1. The van der Waals surface area contributed by atoms with Crippen LogP contribution in [-0.2, 0) is 9.59 Å². The average Bonchev–Trinajstić information content (AvgIpc) is 3.03. The fourth-order valence-electron chi connectivity index (χ4n) is 4.24. The lowest BCUT2D eigenvalue weighted by atomic mass is 10.0. The molecule has 5 aromatic rings. The summed E-state index contributed by atoms with van der Waals surface area (Å²) < 4.78 is 5.65. The van der Waals surface area contributed by atoms with Gasteiger partial charge in [0.1, 0.15) is 5.75 Å². The first-order valence-electron chi connectivity index (χ1n) is 13.3. The van der Waals surface area contributed by atoms with E-state index in [0.29, 0.717) is 16.8 Å². The van der Waals surface area contributed by atoms with Crippen LogP contribution in [0.3, 0.4) is 0 Å². The van der Waals surface area contributed by atoms with E-state index in [4.69, 9.17) is 4.74 Å². The molecular weight excluding hydrogens is 544 g/mol. The van der Waals surface area contributed by atoms with Crippen molar-refractivity contribution in [3.63, 3.8) is 0 Å². The van der Waals surface area contributed by atoms with Gasteiger partial charge in [0.25, 0.3) is 5.91 Å². The van der Waals surface area contributed by atoms with Gasteiger partial charge >= 0.3 is 17.8 Å². The lowest BCUT2D eigenvalue weighted by molar-refractivity contribution is -0.136. The molecule has 0 aromatic heterocycles. The van der Waals surface area contributed by atoms with Crippen LogP contribution in [0.5, 0.6) is 5.75 Å². The Hall–Kier alpha value is -6.09. The molecule has 0 radical (unpaired) electrons. The van der Waals surface area contributed by atoms with Crippen molar-refractivity contribution in [3.05, 3.63) is 138 Å². The summed E-state index contributed by atoms with van der Waals surface area (Å²) in [6.45, 7) is 1.94. The van der Waals surface area contributed by atoms with Crippen LogP contribution < -0.4 is 20.8 Å². The van der Waals surface area contributed by atoms with Crippen molar-refractivity contribution in [3.8, 4) is 5.75 Å². The van der Waals surface area contributed by atoms with Gasteiger partial charge in [0.05, 0.1) is 23.0 Å². The first-order chi connectivity index (χ1) is 20.9. The molecule has 0 aliphatic carbocycles. The van der Waals surface area contributed by atoms with E-state index in [1.54, 1.807) is 66.7 Å². The smallest absolute Gasteiger partial charge is 0.343 e. The van der Waals surface area contributed by atoms with Crippen molar-refractivity contribution in [2.24, 2.45) is 5.10 Å². The molecule has 0 fully saturated rings. The number of ether oxygens (including phenoxy) is 1. The van der Waals surface area contributed by atoms with E-state index in [-0.39, 0.29) is 17.0 Å². The zero-order valence-electron chi connectivity index (χ0n) is 23.0. The number of carbonyl (C=O) groups excluding carboxylic acids is 4. The maximum absolute atomic E-state index is 12.9. The minimum atomic E-state index is -1.06. The summed E-state index contributed by atoms with van der Waals surface area (Å²) in [6, 6.07) is 33.0. The Balaban J connectivity index is 1.29. The second kappa shape index (κ2) is 13.0. The second-order valence-corrected chi connectivity index (χ2v) is 9.47. The third-order valence-corrected chi connectivity index (χ3v) is 6.44. The second-order valence-electron chi connectivity index (χ2n) is 9.47. The molecule has 9 heteroatoms. The fraction of sp³-hybridized carbons (Fsp3) is 0.0294. The van der Waals surface area contributed by atoms with E-state index in [9.17, 15) is 19.2 Å². The number of anilines is 2. The van der Waals surface area contributed by atoms with E-state index in [0.717, 1.165) is 16.3 Å². The number of hydrogen-bond donors (Lipinski definition) is 3. The number of benzene rings is 5. The highest BCUT2D eigenvalue weighted by molar-refractivity contribution is 6.40. The Bertz CT molecular complexity index is 1850. The molecule has 0 saturated heterocycles. The predicted molar refractivity (Wildman–Crippen MR) is 165 cm³/mol. The SMILES string of the molecule is Cc1ccc(NC(=O)c2ccccc2NC(=O)C(=O)NN=Cc2c(OC(=O)c3ccccc3)ccc3ccccc23)cc1. The van der Waals surface area contributed by atoms with Crippen molar-refractivity contribution in [1.82, 2.24) is 5.43 Å². The van der Waals surface area contributed by atoms with Gasteiger partial charge in [0.15, 0.2) is 0 Å². The maximum atomic E-state index is 12.9. The highest BCUT2D eigenvalue weighted by Crippen LogP contribution is 2.27. The van der Waals surface area contributed by atoms with Gasteiger partial charge in [-0.15, -0.1) is 0 Å². The Morgan fingerprint density at radius 1 is 0.698 bits per heavy atom. The molecule has 9 nitrogen and oxygen atoms in total. The summed E-state index contributed by atoms with van der Waals surface area (Å²) in [5, 5.41) is 10.8. The number of rotatable bonds is 7. The highest BCUT2D eigenvalue weighted by Gasteiger charge is 2.18. The van der Waals surface area contributed by atoms with Gasteiger partial charge in [-0.25, -0.2) is 10.2 Å². The van der Waals surface area contributed by atoms with Crippen LogP contribution in [0.1, 0.15) is 31.8 Å². The topological polar surface area (TPSA) is 126 Å². The van der Waals surface area contributed by atoms with Crippen LogP contribution in [0.4, 0.5) is 11.4 Å². The van der Waals surface area contributed by atoms with Crippen molar-refractivity contribution >= 4 is 52.1 Å². The van der Waals surface area contributed by atoms with Crippen LogP contribution in [0, 0.1) is 6.92 Å². The number of amides is 3. The zero-order valence-corrected chi connectivity index (χ0v) is 23.0. The number of nitrogens with zero attached hydrogens (tertiary/aromatic N) is 1. The monoisotopic (exact) mass is 570 g/mol. The molecule has 0 unspecified atom stereocenters. The molecule has 3 amide bonds. The van der Waals surface area contributed by atoms with Crippen molar-refractivity contribution in [1.29, 1.82) is 0 Å². The maximum Gasteiger partial charge on any atom is 0.343 e. The van der Waals surface area contributed by atoms with E-state index < -0.39 is 23.7 Å². The van der Waals surface area contributed by atoms with E-state index >= 15 is 0 Å². The third kappa shape index (κ3) is 6.98. The molecule has 3 N–H and O–H groups in total. The van der Waals surface area contributed by atoms with Crippen molar-refractivity contribution in [2.45, 2.75) is 6.92 Å². The summed E-state index contributed by atoms with van der Waals surface area (Å²) in [6.07, 6.45) is 1.31. The molecule has 5 rings (SSSR count). The largest absolute Gasteiger partial charge is 0.422 e. The molecule has 0 spiro atoms.